The molecule has 0 aliphatic carbocycles. The number of hydrogen-bond acceptors (Lipinski definition) is 2. The highest BCUT2D eigenvalue weighted by Crippen LogP contribution is 2.31. The molecule has 1 aromatic carbocycles. The highest BCUT2D eigenvalue weighted by Gasteiger charge is 2.14. The zero-order valence-corrected chi connectivity index (χ0v) is 6.99. The predicted octanol–water partition coefficient (Wildman–Crippen LogP) is 2.13. The van der Waals surface area contributed by atoms with Gasteiger partial charge in [-0.05, 0) is 13.0 Å². The molecule has 1 unspecified atom stereocenters. The molecule has 0 saturated heterocycles. The molecule has 2 heteroatoms. The average Bonchev–Trinajstić information content (AvgIpc) is 2.07. The molecule has 0 aromatic heterocycles. The lowest BCUT2D eigenvalue weighted by Gasteiger charge is -2.15. The molecular weight excluding hydrogens is 150 g/mol. The van der Waals surface area contributed by atoms with Gasteiger partial charge in [0.2, 0.25) is 0 Å². The first-order chi connectivity index (χ1) is 5.77. The zero-order valence-electron chi connectivity index (χ0n) is 6.99. The fraction of sp³-hybridized carbons (Fsp3) is 0.300. The van der Waals surface area contributed by atoms with Gasteiger partial charge < -0.3 is 5.11 Å². The van der Waals surface area contributed by atoms with Crippen LogP contribution in [0, 0.1) is 6.92 Å². The summed E-state index contributed by atoms with van der Waals surface area (Å²) in [6, 6.07) is 5.95. The Morgan fingerprint density at radius 3 is 3.17 bits per heavy atom. The Morgan fingerprint density at radius 1 is 1.50 bits per heavy atom. The summed E-state index contributed by atoms with van der Waals surface area (Å²) < 4.78 is 0. The maximum atomic E-state index is 9.59. The zero-order chi connectivity index (χ0) is 8.55. The van der Waals surface area contributed by atoms with Crippen LogP contribution in [-0.4, -0.2) is 11.3 Å². The molecule has 1 atom stereocenters. The van der Waals surface area contributed by atoms with Gasteiger partial charge >= 0.3 is 0 Å². The van der Waals surface area contributed by atoms with E-state index >= 15 is 0 Å². The third kappa shape index (κ3) is 1.14. The largest absolute Gasteiger partial charge is 0.388 e. The lowest BCUT2D eigenvalue weighted by Crippen LogP contribution is -2.02. The highest BCUT2D eigenvalue weighted by atomic mass is 16.3. The molecule has 0 amide bonds. The minimum atomic E-state index is -0.364. The molecule has 62 valence electrons. The Balaban J connectivity index is 2.56. The maximum absolute atomic E-state index is 9.59. The van der Waals surface area contributed by atoms with E-state index in [4.69, 9.17) is 0 Å². The van der Waals surface area contributed by atoms with Gasteiger partial charge in [-0.15, -0.1) is 0 Å². The van der Waals surface area contributed by atoms with Crippen molar-refractivity contribution >= 4 is 11.9 Å². The van der Waals surface area contributed by atoms with E-state index in [0.29, 0.717) is 6.42 Å². The summed E-state index contributed by atoms with van der Waals surface area (Å²) in [6.07, 6.45) is 2.04. The minimum Gasteiger partial charge on any atom is -0.388 e. The number of rotatable bonds is 0. The predicted molar refractivity (Wildman–Crippen MR) is 48.9 cm³/mol. The molecule has 0 fully saturated rings. The van der Waals surface area contributed by atoms with E-state index in [0.717, 1.165) is 11.3 Å². The number of benzene rings is 1. The summed E-state index contributed by atoms with van der Waals surface area (Å²) in [6.45, 7) is 2.02. The van der Waals surface area contributed by atoms with Gasteiger partial charge in [0, 0.05) is 18.2 Å². The minimum absolute atomic E-state index is 0.364. The lowest BCUT2D eigenvalue weighted by molar-refractivity contribution is 0.186. The fourth-order valence-electron chi connectivity index (χ4n) is 1.44. The van der Waals surface area contributed by atoms with Gasteiger partial charge in [-0.3, -0.25) is 4.99 Å². The van der Waals surface area contributed by atoms with Gasteiger partial charge in [-0.2, -0.15) is 0 Å². The molecule has 2 nitrogen and oxygen atoms in total. The number of fused-ring (bicyclic) bond motifs is 1. The first-order valence-corrected chi connectivity index (χ1v) is 4.08. The molecule has 2 rings (SSSR count). The molecule has 0 saturated carbocycles. The van der Waals surface area contributed by atoms with Crippen molar-refractivity contribution in [1.82, 2.24) is 0 Å². The van der Waals surface area contributed by atoms with Crippen molar-refractivity contribution in [3.8, 4) is 0 Å². The second-order valence-electron chi connectivity index (χ2n) is 3.13. The number of aliphatic imine (C=N–C) groups is 1. The SMILES string of the molecule is Cc1ccc2c(c1)C(O)CC=N2. The van der Waals surface area contributed by atoms with Crippen LogP contribution < -0.4 is 0 Å². The van der Waals surface area contributed by atoms with Crippen LogP contribution >= 0.6 is 0 Å². The Morgan fingerprint density at radius 2 is 2.33 bits per heavy atom. The van der Waals surface area contributed by atoms with Crippen LogP contribution in [0.3, 0.4) is 0 Å². The lowest BCUT2D eigenvalue weighted by atomic mass is 10.0. The summed E-state index contributed by atoms with van der Waals surface area (Å²) >= 11 is 0. The quantitative estimate of drug-likeness (QED) is 0.621. The monoisotopic (exact) mass is 161 g/mol. The van der Waals surface area contributed by atoms with E-state index < -0.39 is 0 Å². The summed E-state index contributed by atoms with van der Waals surface area (Å²) in [5.41, 5.74) is 3.03. The number of nitrogens with zero attached hydrogens (tertiary/aromatic N) is 1. The topological polar surface area (TPSA) is 32.6 Å². The molecular formula is C10H11NO. The van der Waals surface area contributed by atoms with E-state index in [1.807, 2.05) is 25.1 Å². The molecule has 1 aromatic rings. The van der Waals surface area contributed by atoms with Crippen LogP contribution in [0.2, 0.25) is 0 Å². The fourth-order valence-corrected chi connectivity index (χ4v) is 1.44. The Kier molecular flexibility index (Phi) is 1.70. The molecule has 0 bridgehead atoms. The third-order valence-corrected chi connectivity index (χ3v) is 2.10. The van der Waals surface area contributed by atoms with Crippen molar-refractivity contribution in [2.75, 3.05) is 0 Å². The summed E-state index contributed by atoms with van der Waals surface area (Å²) in [4.78, 5) is 4.20. The van der Waals surface area contributed by atoms with Crippen molar-refractivity contribution in [3.05, 3.63) is 29.3 Å². The third-order valence-electron chi connectivity index (χ3n) is 2.10. The second kappa shape index (κ2) is 2.72. The van der Waals surface area contributed by atoms with Crippen molar-refractivity contribution < 1.29 is 5.11 Å². The van der Waals surface area contributed by atoms with Gasteiger partial charge in [0.05, 0.1) is 11.8 Å². The van der Waals surface area contributed by atoms with Crippen LogP contribution in [0.4, 0.5) is 5.69 Å². The molecule has 12 heavy (non-hydrogen) atoms. The van der Waals surface area contributed by atoms with Crippen LogP contribution in [0.5, 0.6) is 0 Å². The van der Waals surface area contributed by atoms with Crippen molar-refractivity contribution in [3.63, 3.8) is 0 Å². The molecule has 1 aliphatic rings. The molecule has 1 aliphatic heterocycles. The first-order valence-electron chi connectivity index (χ1n) is 4.08. The van der Waals surface area contributed by atoms with E-state index in [9.17, 15) is 5.11 Å². The maximum Gasteiger partial charge on any atom is 0.0860 e. The number of aryl methyl sites for hydroxylation is 1. The van der Waals surface area contributed by atoms with Crippen molar-refractivity contribution in [2.24, 2.45) is 4.99 Å². The van der Waals surface area contributed by atoms with Crippen LogP contribution in [-0.2, 0) is 0 Å². The van der Waals surface area contributed by atoms with Gasteiger partial charge in [0.15, 0.2) is 0 Å². The smallest absolute Gasteiger partial charge is 0.0860 e. The number of aliphatic hydroxyl groups excluding tert-OH is 1. The average molecular weight is 161 g/mol. The van der Waals surface area contributed by atoms with Gasteiger partial charge in [0.25, 0.3) is 0 Å². The number of aliphatic hydroxyl groups is 1. The molecule has 0 radical (unpaired) electrons. The van der Waals surface area contributed by atoms with Crippen LogP contribution in [0.25, 0.3) is 0 Å². The van der Waals surface area contributed by atoms with Crippen LogP contribution in [0.1, 0.15) is 23.7 Å². The summed E-state index contributed by atoms with van der Waals surface area (Å²) in [5.74, 6) is 0. The molecule has 0 spiro atoms. The van der Waals surface area contributed by atoms with E-state index in [-0.39, 0.29) is 6.10 Å². The number of hydrogen-bond donors (Lipinski definition) is 1. The van der Waals surface area contributed by atoms with Gasteiger partial charge in [0.1, 0.15) is 0 Å². The van der Waals surface area contributed by atoms with Gasteiger partial charge in [-0.1, -0.05) is 17.7 Å². The van der Waals surface area contributed by atoms with Crippen molar-refractivity contribution in [1.29, 1.82) is 0 Å². The molecule has 1 heterocycles. The Labute approximate surface area is 71.6 Å². The highest BCUT2D eigenvalue weighted by molar-refractivity contribution is 5.69. The Bertz CT molecular complexity index is 331. The normalized spacial score (nSPS) is 20.7. The van der Waals surface area contributed by atoms with E-state index in [1.165, 1.54) is 5.56 Å². The van der Waals surface area contributed by atoms with Crippen LogP contribution in [0.15, 0.2) is 23.2 Å². The summed E-state index contributed by atoms with van der Waals surface area (Å²) in [7, 11) is 0. The standard InChI is InChI=1S/C10H11NO/c1-7-2-3-9-8(6-7)10(12)4-5-11-9/h2-3,5-6,10,12H,4H2,1H3. The summed E-state index contributed by atoms with van der Waals surface area (Å²) in [5, 5.41) is 9.59. The first kappa shape index (κ1) is 7.50. The second-order valence-corrected chi connectivity index (χ2v) is 3.13. The van der Waals surface area contributed by atoms with E-state index in [1.54, 1.807) is 6.21 Å². The van der Waals surface area contributed by atoms with Gasteiger partial charge in [-0.25, -0.2) is 0 Å². The van der Waals surface area contributed by atoms with Crippen molar-refractivity contribution in [2.45, 2.75) is 19.4 Å². The van der Waals surface area contributed by atoms with E-state index in [2.05, 4.69) is 4.99 Å². The Hall–Kier alpha value is -1.15. The molecule has 1 N–H and O–H groups in total.